The Hall–Kier alpha value is -0.435. The quantitative estimate of drug-likeness (QED) is 0.700. The van der Waals surface area contributed by atoms with E-state index in [4.69, 9.17) is 0 Å². The Kier molecular flexibility index (Phi) is 2.63. The first-order chi connectivity index (χ1) is 6.31. The second-order valence-electron chi connectivity index (χ2n) is 3.36. The van der Waals surface area contributed by atoms with E-state index in [9.17, 15) is 0 Å². The Morgan fingerprint density at radius 2 is 2.38 bits per heavy atom. The molecule has 0 N–H and O–H groups in total. The molecule has 0 amide bonds. The first kappa shape index (κ1) is 9.13. The van der Waals surface area contributed by atoms with Crippen LogP contribution in [0.5, 0.6) is 0 Å². The Labute approximate surface area is 87.6 Å². The van der Waals surface area contributed by atoms with Crippen molar-refractivity contribution in [3.8, 4) is 0 Å². The third-order valence-corrected chi connectivity index (χ3v) is 2.86. The Bertz CT molecular complexity index is 349. The van der Waals surface area contributed by atoms with Gasteiger partial charge in [-0.3, -0.25) is 0 Å². The van der Waals surface area contributed by atoms with E-state index in [0.29, 0.717) is 6.04 Å². The summed E-state index contributed by atoms with van der Waals surface area (Å²) in [5, 5.41) is 0. The number of hydrogen-bond acceptors (Lipinski definition) is 1. The first-order valence-corrected chi connectivity index (χ1v) is 5.43. The van der Waals surface area contributed by atoms with Crippen molar-refractivity contribution in [3.63, 3.8) is 0 Å². The number of nitrogens with zero attached hydrogens (tertiary/aromatic N) is 1. The zero-order valence-corrected chi connectivity index (χ0v) is 9.21. The molecular weight excluding hydrogens is 225 g/mol. The Balaban J connectivity index is 2.32. The van der Waals surface area contributed by atoms with Gasteiger partial charge in [0.15, 0.2) is 0 Å². The standard InChI is InChI=1S/C10H11BBrN/c1-2-3-10-8-5-4-7(12)6-9(8)11-13-10/h4-6,10H,2-3H2,1H3. The van der Waals surface area contributed by atoms with Gasteiger partial charge in [-0.25, -0.2) is 0 Å². The van der Waals surface area contributed by atoms with Crippen LogP contribution in [0.25, 0.3) is 0 Å². The molecule has 0 saturated carbocycles. The second kappa shape index (κ2) is 3.75. The number of halogens is 1. The molecule has 0 aliphatic carbocycles. The van der Waals surface area contributed by atoms with Gasteiger partial charge in [0.25, 0.3) is 0 Å². The van der Waals surface area contributed by atoms with Gasteiger partial charge >= 0.3 is 87.4 Å². The van der Waals surface area contributed by atoms with Crippen LogP contribution in [0.1, 0.15) is 31.4 Å². The molecule has 1 nitrogen and oxygen atoms in total. The molecule has 1 unspecified atom stereocenters. The van der Waals surface area contributed by atoms with Gasteiger partial charge < -0.3 is 0 Å². The zero-order chi connectivity index (χ0) is 9.26. The van der Waals surface area contributed by atoms with Gasteiger partial charge in [0, 0.05) is 0 Å². The van der Waals surface area contributed by atoms with Crippen molar-refractivity contribution in [2.45, 2.75) is 25.8 Å². The van der Waals surface area contributed by atoms with Gasteiger partial charge in [-0.1, -0.05) is 0 Å². The van der Waals surface area contributed by atoms with Gasteiger partial charge in [-0.05, 0) is 0 Å². The zero-order valence-electron chi connectivity index (χ0n) is 7.63. The molecule has 0 spiro atoms. The number of benzene rings is 1. The van der Waals surface area contributed by atoms with Crippen LogP contribution in [0, 0.1) is 0 Å². The van der Waals surface area contributed by atoms with E-state index < -0.39 is 0 Å². The molecule has 0 radical (unpaired) electrons. The molecule has 1 aliphatic rings. The molecular formula is C10H11BBrN. The molecule has 0 aromatic heterocycles. The van der Waals surface area contributed by atoms with Crippen molar-refractivity contribution in [3.05, 3.63) is 28.2 Å². The van der Waals surface area contributed by atoms with E-state index in [1.54, 1.807) is 0 Å². The molecule has 3 heteroatoms. The van der Waals surface area contributed by atoms with E-state index in [-0.39, 0.29) is 0 Å². The Morgan fingerprint density at radius 3 is 3.15 bits per heavy atom. The van der Waals surface area contributed by atoms with Crippen molar-refractivity contribution < 1.29 is 0 Å². The molecule has 0 bridgehead atoms. The fraction of sp³-hybridized carbons (Fsp3) is 0.400. The van der Waals surface area contributed by atoms with Crippen LogP contribution in [0.4, 0.5) is 0 Å². The van der Waals surface area contributed by atoms with Gasteiger partial charge in [0.05, 0.1) is 0 Å². The summed E-state index contributed by atoms with van der Waals surface area (Å²) in [5.74, 6) is 0. The molecule has 0 saturated heterocycles. The first-order valence-electron chi connectivity index (χ1n) is 4.64. The van der Waals surface area contributed by atoms with E-state index in [0.717, 1.165) is 10.9 Å². The van der Waals surface area contributed by atoms with Crippen LogP contribution in [-0.4, -0.2) is 7.07 Å². The normalized spacial score (nSPS) is 18.5. The maximum absolute atomic E-state index is 4.49. The van der Waals surface area contributed by atoms with E-state index in [1.165, 1.54) is 17.4 Å². The van der Waals surface area contributed by atoms with Crippen LogP contribution in [0.15, 0.2) is 27.6 Å². The van der Waals surface area contributed by atoms with Crippen LogP contribution in [0.3, 0.4) is 0 Å². The second-order valence-corrected chi connectivity index (χ2v) is 4.27. The van der Waals surface area contributed by atoms with E-state index >= 15 is 0 Å². The van der Waals surface area contributed by atoms with Crippen LogP contribution >= 0.6 is 15.9 Å². The van der Waals surface area contributed by atoms with Crippen molar-refractivity contribution >= 4 is 28.5 Å². The Morgan fingerprint density at radius 1 is 1.54 bits per heavy atom. The minimum absolute atomic E-state index is 0.410. The van der Waals surface area contributed by atoms with Crippen molar-refractivity contribution in [2.24, 2.45) is 4.90 Å². The molecule has 1 aromatic carbocycles. The number of fused-ring (bicyclic) bond motifs is 1. The summed E-state index contributed by atoms with van der Waals surface area (Å²) >= 11 is 3.46. The third kappa shape index (κ3) is 1.75. The summed E-state index contributed by atoms with van der Waals surface area (Å²) in [5.41, 5.74) is 2.65. The molecule has 0 fully saturated rings. The van der Waals surface area contributed by atoms with E-state index in [1.807, 2.05) is 7.07 Å². The topological polar surface area (TPSA) is 12.4 Å². The average molecular weight is 236 g/mol. The molecule has 1 atom stereocenters. The summed E-state index contributed by atoms with van der Waals surface area (Å²) in [6.45, 7) is 2.20. The number of hydrogen-bond donors (Lipinski definition) is 0. The summed E-state index contributed by atoms with van der Waals surface area (Å²) < 4.78 is 1.13. The third-order valence-electron chi connectivity index (χ3n) is 2.36. The fourth-order valence-corrected chi connectivity index (χ4v) is 2.09. The van der Waals surface area contributed by atoms with Crippen molar-refractivity contribution in [2.75, 3.05) is 0 Å². The summed E-state index contributed by atoms with van der Waals surface area (Å²) in [7, 11) is 1.99. The van der Waals surface area contributed by atoms with Gasteiger partial charge in [-0.15, -0.1) is 0 Å². The molecule has 1 aromatic rings. The van der Waals surface area contributed by atoms with Crippen LogP contribution < -0.4 is 5.46 Å². The average Bonchev–Trinajstić information content (AvgIpc) is 2.49. The van der Waals surface area contributed by atoms with Gasteiger partial charge in [0.1, 0.15) is 0 Å². The minimum atomic E-state index is 0.410. The number of rotatable bonds is 2. The van der Waals surface area contributed by atoms with Gasteiger partial charge in [-0.2, -0.15) is 0 Å². The van der Waals surface area contributed by atoms with Gasteiger partial charge in [0.2, 0.25) is 0 Å². The molecule has 66 valence electrons. The fourth-order valence-electron chi connectivity index (χ4n) is 1.71. The van der Waals surface area contributed by atoms with E-state index in [2.05, 4.69) is 45.9 Å². The summed E-state index contributed by atoms with van der Waals surface area (Å²) in [6.07, 6.45) is 2.35. The predicted octanol–water partition coefficient (Wildman–Crippen LogP) is 2.82. The van der Waals surface area contributed by atoms with Crippen molar-refractivity contribution in [1.82, 2.24) is 0 Å². The van der Waals surface area contributed by atoms with Crippen LogP contribution in [0.2, 0.25) is 0 Å². The molecule has 1 heterocycles. The van der Waals surface area contributed by atoms with Crippen molar-refractivity contribution in [1.29, 1.82) is 0 Å². The monoisotopic (exact) mass is 235 g/mol. The summed E-state index contributed by atoms with van der Waals surface area (Å²) in [4.78, 5) is 4.49. The van der Waals surface area contributed by atoms with Crippen LogP contribution in [-0.2, 0) is 0 Å². The molecule has 1 aliphatic heterocycles. The maximum atomic E-state index is 4.49. The molecule has 13 heavy (non-hydrogen) atoms. The SMILES string of the molecule is CCCC1N=Bc2cc(Br)ccc21. The molecule has 2 rings (SSSR count). The summed E-state index contributed by atoms with van der Waals surface area (Å²) in [6, 6.07) is 6.81. The predicted molar refractivity (Wildman–Crippen MR) is 59.6 cm³/mol.